The summed E-state index contributed by atoms with van der Waals surface area (Å²) in [5.41, 5.74) is 1.13. The lowest BCUT2D eigenvalue weighted by Crippen LogP contribution is -2.28. The van der Waals surface area contributed by atoms with E-state index in [0.29, 0.717) is 15.3 Å². The van der Waals surface area contributed by atoms with Gasteiger partial charge in [0.2, 0.25) is 4.96 Å². The summed E-state index contributed by atoms with van der Waals surface area (Å²) < 4.78 is 6.83. The van der Waals surface area contributed by atoms with Crippen LogP contribution in [-0.2, 0) is 6.42 Å². The molecule has 0 aliphatic carbocycles. The van der Waals surface area contributed by atoms with Crippen LogP contribution in [0, 0.1) is 0 Å². The molecule has 8 heteroatoms. The van der Waals surface area contributed by atoms with Crippen LogP contribution in [0.1, 0.15) is 16.8 Å². The lowest BCUT2D eigenvalue weighted by atomic mass is 10.1. The molecular formula is C20H14ClN3O3S. The first kappa shape index (κ1) is 18.3. The van der Waals surface area contributed by atoms with Gasteiger partial charge in [-0.1, -0.05) is 47.2 Å². The Morgan fingerprint density at radius 2 is 1.96 bits per heavy atom. The summed E-state index contributed by atoms with van der Waals surface area (Å²) >= 11 is 7.01. The number of benzene rings is 2. The van der Waals surface area contributed by atoms with Crippen LogP contribution in [0.3, 0.4) is 0 Å². The lowest BCUT2D eigenvalue weighted by Gasteiger charge is -2.00. The van der Waals surface area contributed by atoms with E-state index < -0.39 is 5.56 Å². The second kappa shape index (κ2) is 7.53. The second-order valence-corrected chi connectivity index (χ2v) is 7.50. The van der Waals surface area contributed by atoms with Gasteiger partial charge in [-0.3, -0.25) is 9.59 Å². The van der Waals surface area contributed by atoms with Crippen molar-refractivity contribution in [2.24, 2.45) is 0 Å². The molecule has 2 aromatic heterocycles. The highest BCUT2D eigenvalue weighted by atomic mass is 35.5. The van der Waals surface area contributed by atoms with Crippen molar-refractivity contribution in [1.82, 2.24) is 14.6 Å². The Morgan fingerprint density at radius 1 is 1.18 bits per heavy atom. The van der Waals surface area contributed by atoms with Crippen molar-refractivity contribution in [3.05, 3.63) is 95.6 Å². The number of aromatic nitrogens is 3. The van der Waals surface area contributed by atoms with E-state index in [1.54, 1.807) is 25.3 Å². The third-order valence-corrected chi connectivity index (χ3v) is 5.34. The number of nitrogens with zero attached hydrogens (tertiary/aromatic N) is 3. The molecular weight excluding hydrogens is 398 g/mol. The van der Waals surface area contributed by atoms with E-state index in [4.69, 9.17) is 16.3 Å². The molecule has 0 atom stereocenters. The molecule has 0 N–H and O–H groups in total. The van der Waals surface area contributed by atoms with Crippen molar-refractivity contribution in [3.63, 3.8) is 0 Å². The quantitative estimate of drug-likeness (QED) is 0.515. The Balaban J connectivity index is 1.78. The van der Waals surface area contributed by atoms with E-state index in [0.717, 1.165) is 22.5 Å². The fourth-order valence-electron chi connectivity index (χ4n) is 2.73. The topological polar surface area (TPSA) is 73.6 Å². The fraction of sp³-hybridized carbons (Fsp3) is 0.100. The normalized spacial score (nSPS) is 11.9. The summed E-state index contributed by atoms with van der Waals surface area (Å²) in [6.45, 7) is 0. The Bertz CT molecular complexity index is 1330. The molecule has 6 nitrogen and oxygen atoms in total. The summed E-state index contributed by atoms with van der Waals surface area (Å²) in [6, 6.07) is 14.5. The van der Waals surface area contributed by atoms with Gasteiger partial charge < -0.3 is 4.74 Å². The summed E-state index contributed by atoms with van der Waals surface area (Å²) in [5, 5.41) is 4.86. The molecule has 28 heavy (non-hydrogen) atoms. The standard InChI is InChI=1S/C20H14ClN3O3S/c1-27-15-4-2-3-13(9-15)11-17-19(26)24-20(28-17)22-18(25)16(23-24)10-12-5-7-14(21)8-6-12/h2-9,11H,10H2,1H3/b17-11-. The molecule has 4 rings (SSSR count). The highest BCUT2D eigenvalue weighted by molar-refractivity contribution is 7.15. The summed E-state index contributed by atoms with van der Waals surface area (Å²) in [7, 11) is 1.58. The number of hydrogen-bond donors (Lipinski definition) is 0. The van der Waals surface area contributed by atoms with Gasteiger partial charge in [0.15, 0.2) is 0 Å². The van der Waals surface area contributed by atoms with E-state index in [2.05, 4.69) is 10.1 Å². The number of rotatable bonds is 4. The van der Waals surface area contributed by atoms with Gasteiger partial charge in [0.1, 0.15) is 11.4 Å². The van der Waals surface area contributed by atoms with Crippen LogP contribution in [0.2, 0.25) is 5.02 Å². The van der Waals surface area contributed by atoms with Gasteiger partial charge in [-0.2, -0.15) is 14.6 Å². The van der Waals surface area contributed by atoms with Crippen LogP contribution in [0.15, 0.2) is 58.1 Å². The molecule has 0 bridgehead atoms. The third-order valence-electron chi connectivity index (χ3n) is 4.13. The molecule has 4 aromatic rings. The molecule has 2 aromatic carbocycles. The smallest absolute Gasteiger partial charge is 0.296 e. The van der Waals surface area contributed by atoms with Crippen molar-refractivity contribution < 1.29 is 4.74 Å². The molecule has 0 spiro atoms. The van der Waals surface area contributed by atoms with E-state index >= 15 is 0 Å². The molecule has 0 radical (unpaired) electrons. The van der Waals surface area contributed by atoms with Gasteiger partial charge in [-0.25, -0.2) is 0 Å². The largest absolute Gasteiger partial charge is 0.497 e. The Labute approximate surface area is 168 Å². The van der Waals surface area contributed by atoms with Gasteiger partial charge in [-0.05, 0) is 41.5 Å². The average molecular weight is 412 g/mol. The van der Waals surface area contributed by atoms with E-state index in [9.17, 15) is 9.59 Å². The SMILES string of the molecule is COc1cccc(/C=c2\sc3nc(=O)c(Cc4ccc(Cl)cc4)nn3c2=O)c1. The molecule has 0 unspecified atom stereocenters. The molecule has 0 fully saturated rings. The van der Waals surface area contributed by atoms with E-state index in [-0.39, 0.29) is 22.6 Å². The van der Waals surface area contributed by atoms with Crippen LogP contribution in [-0.4, -0.2) is 21.7 Å². The number of methoxy groups -OCH3 is 1. The van der Waals surface area contributed by atoms with Crippen LogP contribution < -0.4 is 20.4 Å². The van der Waals surface area contributed by atoms with Crippen LogP contribution >= 0.6 is 22.9 Å². The number of thiazole rings is 1. The highest BCUT2D eigenvalue weighted by Gasteiger charge is 2.12. The molecule has 140 valence electrons. The zero-order valence-corrected chi connectivity index (χ0v) is 16.3. The monoisotopic (exact) mass is 411 g/mol. The number of fused-ring (bicyclic) bond motifs is 1. The predicted molar refractivity (Wildman–Crippen MR) is 109 cm³/mol. The maximum Gasteiger partial charge on any atom is 0.296 e. The van der Waals surface area contributed by atoms with Crippen LogP contribution in [0.25, 0.3) is 11.0 Å². The Kier molecular flexibility index (Phi) is 4.93. The second-order valence-electron chi connectivity index (χ2n) is 6.05. The molecule has 0 aliphatic rings. The van der Waals surface area contributed by atoms with Crippen LogP contribution in [0.4, 0.5) is 0 Å². The summed E-state index contributed by atoms with van der Waals surface area (Å²) in [5.74, 6) is 0.693. The maximum absolute atomic E-state index is 12.7. The Morgan fingerprint density at radius 3 is 2.71 bits per heavy atom. The van der Waals surface area contributed by atoms with Crippen molar-refractivity contribution in [3.8, 4) is 5.75 Å². The van der Waals surface area contributed by atoms with Crippen molar-refractivity contribution >= 4 is 34.0 Å². The van der Waals surface area contributed by atoms with Crippen molar-refractivity contribution in [2.45, 2.75) is 6.42 Å². The first-order valence-corrected chi connectivity index (χ1v) is 9.56. The van der Waals surface area contributed by atoms with Gasteiger partial charge >= 0.3 is 0 Å². The van der Waals surface area contributed by atoms with Crippen LogP contribution in [0.5, 0.6) is 5.75 Å². The van der Waals surface area contributed by atoms with Gasteiger partial charge in [0.05, 0.1) is 11.6 Å². The van der Waals surface area contributed by atoms with E-state index in [1.165, 1.54) is 4.52 Å². The number of halogens is 1. The zero-order chi connectivity index (χ0) is 19.7. The molecule has 2 heterocycles. The maximum atomic E-state index is 12.7. The van der Waals surface area contributed by atoms with Crippen molar-refractivity contribution in [2.75, 3.05) is 7.11 Å². The molecule has 0 amide bonds. The molecule has 0 saturated heterocycles. The summed E-state index contributed by atoms with van der Waals surface area (Å²) in [4.78, 5) is 29.4. The number of ether oxygens (including phenoxy) is 1. The first-order valence-electron chi connectivity index (χ1n) is 8.36. The fourth-order valence-corrected chi connectivity index (χ4v) is 3.76. The average Bonchev–Trinajstić information content (AvgIpc) is 2.98. The molecule has 0 saturated carbocycles. The minimum atomic E-state index is -0.441. The summed E-state index contributed by atoms with van der Waals surface area (Å²) in [6.07, 6.45) is 2.01. The minimum absolute atomic E-state index is 0.211. The zero-order valence-electron chi connectivity index (χ0n) is 14.8. The van der Waals surface area contributed by atoms with Crippen molar-refractivity contribution in [1.29, 1.82) is 0 Å². The minimum Gasteiger partial charge on any atom is -0.497 e. The molecule has 0 aliphatic heterocycles. The highest BCUT2D eigenvalue weighted by Crippen LogP contribution is 2.13. The van der Waals surface area contributed by atoms with Gasteiger partial charge in [-0.15, -0.1) is 0 Å². The Hall–Kier alpha value is -3.03. The third kappa shape index (κ3) is 3.67. The van der Waals surface area contributed by atoms with Gasteiger partial charge in [0.25, 0.3) is 11.1 Å². The first-order chi connectivity index (χ1) is 13.5. The number of hydrogen-bond acceptors (Lipinski definition) is 6. The van der Waals surface area contributed by atoms with E-state index in [1.807, 2.05) is 36.4 Å². The predicted octanol–water partition coefficient (Wildman–Crippen LogP) is 2.31. The van der Waals surface area contributed by atoms with Gasteiger partial charge in [0, 0.05) is 11.4 Å². The lowest BCUT2D eigenvalue weighted by molar-refractivity contribution is 0.414.